The molecular weight excluding hydrogens is 510 g/mol. The van der Waals surface area contributed by atoms with E-state index in [1.54, 1.807) is 26.1 Å². The summed E-state index contributed by atoms with van der Waals surface area (Å²) in [4.78, 5) is 29.7. The number of pyridine rings is 1. The highest BCUT2D eigenvalue weighted by atomic mass is 32.2. The van der Waals surface area contributed by atoms with Crippen LogP contribution in [0.1, 0.15) is 43.1 Å². The predicted octanol–water partition coefficient (Wildman–Crippen LogP) is 3.80. The summed E-state index contributed by atoms with van der Waals surface area (Å²) in [6.07, 6.45) is 2.01. The molecule has 1 aliphatic rings. The van der Waals surface area contributed by atoms with Gasteiger partial charge in [-0.05, 0) is 48.7 Å². The van der Waals surface area contributed by atoms with Crippen molar-refractivity contribution >= 4 is 33.7 Å². The fraction of sp³-hybridized carbons (Fsp3) is 0.296. The van der Waals surface area contributed by atoms with Gasteiger partial charge >= 0.3 is 5.97 Å². The van der Waals surface area contributed by atoms with E-state index in [2.05, 4.69) is 10.3 Å². The van der Waals surface area contributed by atoms with E-state index in [1.165, 1.54) is 40.3 Å². The summed E-state index contributed by atoms with van der Waals surface area (Å²) in [5.74, 6) is -0.923. The van der Waals surface area contributed by atoms with E-state index in [4.69, 9.17) is 0 Å². The van der Waals surface area contributed by atoms with Crippen LogP contribution in [0.25, 0.3) is 0 Å². The minimum Gasteiger partial charge on any atom is -0.481 e. The van der Waals surface area contributed by atoms with Crippen LogP contribution in [0.3, 0.4) is 0 Å². The van der Waals surface area contributed by atoms with E-state index in [0.29, 0.717) is 23.4 Å². The molecule has 2 N–H and O–H groups in total. The molecule has 0 spiro atoms. The van der Waals surface area contributed by atoms with Crippen molar-refractivity contribution in [1.82, 2.24) is 14.6 Å². The van der Waals surface area contributed by atoms with Gasteiger partial charge in [-0.3, -0.25) is 14.6 Å². The molecule has 1 fully saturated rings. The van der Waals surface area contributed by atoms with Gasteiger partial charge in [0.15, 0.2) is 0 Å². The lowest BCUT2D eigenvalue weighted by molar-refractivity contribution is -0.143. The van der Waals surface area contributed by atoms with Crippen LogP contribution in [-0.2, 0) is 25.0 Å². The number of hydrogen-bond acceptors (Lipinski definition) is 6. The number of carboxylic acid groups (broad SMARTS) is 1. The number of aromatic nitrogens is 1. The third-order valence-electron chi connectivity index (χ3n) is 6.75. The number of sulfonamides is 1. The maximum Gasteiger partial charge on any atom is 0.313 e. The van der Waals surface area contributed by atoms with Crippen LogP contribution >= 0.6 is 11.8 Å². The van der Waals surface area contributed by atoms with Crippen molar-refractivity contribution in [2.75, 3.05) is 12.3 Å². The van der Waals surface area contributed by atoms with Crippen LogP contribution in [0.15, 0.2) is 83.9 Å². The second-order valence-electron chi connectivity index (χ2n) is 8.96. The van der Waals surface area contributed by atoms with Gasteiger partial charge in [0, 0.05) is 18.5 Å². The molecule has 0 bridgehead atoms. The molecule has 1 amide bonds. The Morgan fingerprint density at radius 1 is 1.11 bits per heavy atom. The first-order chi connectivity index (χ1) is 17.7. The SMILES string of the molecule is CCC(C)(C(=O)O)c1ccc(S(=O)(=O)N2CCSC2C(=O)N[C@H](c2ccccc2)c2ccccn2)cc1. The second-order valence-corrected chi connectivity index (χ2v) is 12.0. The number of nitrogens with zero attached hydrogens (tertiary/aromatic N) is 2. The molecule has 1 saturated heterocycles. The van der Waals surface area contributed by atoms with Crippen LogP contribution in [0, 0.1) is 0 Å². The molecule has 1 aromatic heterocycles. The fourth-order valence-corrected chi connectivity index (χ4v) is 7.33. The van der Waals surface area contributed by atoms with Crippen molar-refractivity contribution in [1.29, 1.82) is 0 Å². The van der Waals surface area contributed by atoms with Crippen molar-refractivity contribution in [3.63, 3.8) is 0 Å². The molecule has 194 valence electrons. The van der Waals surface area contributed by atoms with Crippen molar-refractivity contribution < 1.29 is 23.1 Å². The largest absolute Gasteiger partial charge is 0.481 e. The third kappa shape index (κ3) is 5.41. The number of amides is 1. The minimum atomic E-state index is -4.00. The van der Waals surface area contributed by atoms with Crippen molar-refractivity contribution in [2.24, 2.45) is 0 Å². The molecule has 2 heterocycles. The average molecular weight is 540 g/mol. The molecule has 0 radical (unpaired) electrons. The van der Waals surface area contributed by atoms with E-state index in [1.807, 2.05) is 42.5 Å². The lowest BCUT2D eigenvalue weighted by Gasteiger charge is -2.26. The summed E-state index contributed by atoms with van der Waals surface area (Å²) in [7, 11) is -4.00. The third-order valence-corrected chi connectivity index (χ3v) is 9.97. The summed E-state index contributed by atoms with van der Waals surface area (Å²) >= 11 is 1.26. The topological polar surface area (TPSA) is 117 Å². The first-order valence-corrected chi connectivity index (χ1v) is 14.4. The molecule has 3 atom stereocenters. The van der Waals surface area contributed by atoms with Crippen LogP contribution in [0.4, 0.5) is 0 Å². The van der Waals surface area contributed by atoms with Gasteiger partial charge in [-0.1, -0.05) is 55.5 Å². The van der Waals surface area contributed by atoms with Crippen LogP contribution in [-0.4, -0.2) is 52.4 Å². The zero-order valence-corrected chi connectivity index (χ0v) is 22.2. The Morgan fingerprint density at radius 3 is 2.38 bits per heavy atom. The number of nitrogens with one attached hydrogen (secondary N) is 1. The first kappa shape index (κ1) is 26.8. The number of carboxylic acids is 1. The summed E-state index contributed by atoms with van der Waals surface area (Å²) < 4.78 is 28.3. The molecule has 8 nitrogen and oxygen atoms in total. The van der Waals surface area contributed by atoms with Crippen LogP contribution in [0.2, 0.25) is 0 Å². The zero-order valence-electron chi connectivity index (χ0n) is 20.6. The molecule has 4 rings (SSSR count). The Hall–Kier alpha value is -3.21. The van der Waals surface area contributed by atoms with Gasteiger partial charge in [-0.15, -0.1) is 11.8 Å². The number of carbonyl (C=O) groups is 2. The van der Waals surface area contributed by atoms with Gasteiger partial charge in [-0.25, -0.2) is 8.42 Å². The summed E-state index contributed by atoms with van der Waals surface area (Å²) in [5.41, 5.74) is 0.881. The molecule has 3 aromatic rings. The molecule has 0 aliphatic carbocycles. The Bertz CT molecular complexity index is 1310. The van der Waals surface area contributed by atoms with E-state index >= 15 is 0 Å². The smallest absolute Gasteiger partial charge is 0.313 e. The summed E-state index contributed by atoms with van der Waals surface area (Å²) in [6.45, 7) is 3.58. The lowest BCUT2D eigenvalue weighted by Crippen LogP contribution is -2.46. The molecule has 37 heavy (non-hydrogen) atoms. The molecule has 10 heteroatoms. The normalized spacial score (nSPS) is 18.6. The van der Waals surface area contributed by atoms with E-state index in [-0.39, 0.29) is 11.4 Å². The Labute approximate surface area is 221 Å². The predicted molar refractivity (Wildman–Crippen MR) is 143 cm³/mol. The monoisotopic (exact) mass is 539 g/mol. The molecular formula is C27H29N3O5S2. The summed E-state index contributed by atoms with van der Waals surface area (Å²) in [6, 6.07) is 20.2. The van der Waals surface area contributed by atoms with Crippen LogP contribution in [0.5, 0.6) is 0 Å². The maximum atomic E-state index is 13.5. The maximum absolute atomic E-state index is 13.5. The van der Waals surface area contributed by atoms with Crippen LogP contribution < -0.4 is 5.32 Å². The van der Waals surface area contributed by atoms with Gasteiger partial charge in [0.25, 0.3) is 0 Å². The highest BCUT2D eigenvalue weighted by Crippen LogP contribution is 2.33. The van der Waals surface area contributed by atoms with E-state index in [0.717, 1.165) is 5.56 Å². The highest BCUT2D eigenvalue weighted by molar-refractivity contribution is 8.02. The standard InChI is InChI=1S/C27H29N3O5S2/c1-3-27(2,26(32)33)20-12-14-21(15-13-20)37(34,35)30-17-18-36-25(30)24(31)29-23(19-9-5-4-6-10-19)22-11-7-8-16-28-22/h4-16,23,25H,3,17-18H2,1-2H3,(H,29,31)(H,32,33)/t23-,25?,27?/m1/s1. The molecule has 2 unspecified atom stereocenters. The number of aliphatic carboxylic acids is 1. The Morgan fingerprint density at radius 2 is 1.78 bits per heavy atom. The second kappa shape index (κ2) is 11.0. The number of thioether (sulfide) groups is 1. The van der Waals surface area contributed by atoms with Gasteiger partial charge < -0.3 is 10.4 Å². The average Bonchev–Trinajstić information content (AvgIpc) is 3.43. The van der Waals surface area contributed by atoms with Gasteiger partial charge in [0.1, 0.15) is 5.37 Å². The first-order valence-electron chi connectivity index (χ1n) is 11.9. The van der Waals surface area contributed by atoms with Gasteiger partial charge in [0.05, 0.1) is 22.0 Å². The van der Waals surface area contributed by atoms with Gasteiger partial charge in [-0.2, -0.15) is 4.31 Å². The van der Waals surface area contributed by atoms with Gasteiger partial charge in [0.2, 0.25) is 15.9 Å². The van der Waals surface area contributed by atoms with E-state index < -0.39 is 38.7 Å². The Balaban J connectivity index is 1.59. The van der Waals surface area contributed by atoms with Crippen molar-refractivity contribution in [2.45, 2.75) is 42.0 Å². The van der Waals surface area contributed by atoms with Crippen molar-refractivity contribution in [3.8, 4) is 0 Å². The fourth-order valence-electron chi connectivity index (χ4n) is 4.25. The van der Waals surface area contributed by atoms with Crippen molar-refractivity contribution in [3.05, 3.63) is 95.8 Å². The Kier molecular flexibility index (Phi) is 8.01. The van der Waals surface area contributed by atoms with E-state index in [9.17, 15) is 23.1 Å². The number of carbonyl (C=O) groups excluding carboxylic acids is 1. The minimum absolute atomic E-state index is 0.0183. The molecule has 2 aromatic carbocycles. The number of hydrogen-bond donors (Lipinski definition) is 2. The molecule has 0 saturated carbocycles. The number of rotatable bonds is 9. The molecule has 1 aliphatic heterocycles. The lowest BCUT2D eigenvalue weighted by atomic mass is 9.80. The summed E-state index contributed by atoms with van der Waals surface area (Å²) in [5, 5.41) is 11.7. The quantitative estimate of drug-likeness (QED) is 0.425. The zero-order chi connectivity index (χ0) is 26.6. The highest BCUT2D eigenvalue weighted by Gasteiger charge is 2.41. The number of benzene rings is 2.